The van der Waals surface area contributed by atoms with Crippen LogP contribution in [0.5, 0.6) is 0 Å². The number of terminal acetylenes is 2. The van der Waals surface area contributed by atoms with Crippen molar-refractivity contribution in [1.29, 1.82) is 0 Å². The van der Waals surface area contributed by atoms with Crippen LogP contribution < -0.4 is 7.91 Å². The summed E-state index contributed by atoms with van der Waals surface area (Å²) in [6.07, 6.45) is 37.3. The number of rotatable bonds is 22. The minimum absolute atomic E-state index is 1.03. The molecule has 0 heterocycles. The van der Waals surface area contributed by atoms with Crippen LogP contribution in [0.2, 0.25) is 0 Å². The van der Waals surface area contributed by atoms with Crippen LogP contribution in [-0.4, -0.2) is 37.0 Å². The van der Waals surface area contributed by atoms with Crippen molar-refractivity contribution in [3.8, 4) is 24.7 Å². The second-order valence-corrected chi connectivity index (χ2v) is 50.7. The van der Waals surface area contributed by atoms with Gasteiger partial charge in [0.15, 0.2) is 0 Å². The van der Waals surface area contributed by atoms with Gasteiger partial charge in [0.1, 0.15) is 0 Å². The van der Waals surface area contributed by atoms with Crippen molar-refractivity contribution in [3.63, 3.8) is 0 Å². The van der Waals surface area contributed by atoms with E-state index in [0.717, 1.165) is 11.1 Å². The summed E-state index contributed by atoms with van der Waals surface area (Å²) in [5, 5.41) is -3.64. The Labute approximate surface area is 272 Å². The average molecular weight is 804 g/mol. The third-order valence-electron chi connectivity index (χ3n) is 9.31. The van der Waals surface area contributed by atoms with E-state index in [4.69, 9.17) is 12.8 Å². The van der Waals surface area contributed by atoms with Gasteiger partial charge in [0.05, 0.1) is 0 Å². The van der Waals surface area contributed by atoms with Gasteiger partial charge in [-0.25, -0.2) is 0 Å². The maximum atomic E-state index is 5.98. The van der Waals surface area contributed by atoms with Gasteiger partial charge in [-0.05, 0) is 0 Å². The monoisotopic (exact) mass is 803 g/mol. The van der Waals surface area contributed by atoms with Crippen LogP contribution in [0.15, 0.2) is 48.5 Å². The number of hydrogen-bond acceptors (Lipinski definition) is 0. The second kappa shape index (κ2) is 20.3. The van der Waals surface area contributed by atoms with E-state index in [0.29, 0.717) is 0 Å². The summed E-state index contributed by atoms with van der Waals surface area (Å²) in [5.74, 6) is 5.93. The fraction of sp³-hybridized carbons (Fsp3) is 0.600. The minimum atomic E-state index is -2.98. The molecule has 0 saturated heterocycles. The summed E-state index contributed by atoms with van der Waals surface area (Å²) >= 11 is -2.98. The molecular weight excluding hydrogens is 737 g/mol. The Morgan fingerprint density at radius 3 is 0.860 bits per heavy atom. The molecule has 2 aromatic rings. The first-order chi connectivity index (χ1) is 20.9. The van der Waals surface area contributed by atoms with Crippen molar-refractivity contribution in [2.75, 3.05) is 37.0 Å². The Bertz CT molecular complexity index is 984. The van der Waals surface area contributed by atoms with Crippen molar-refractivity contribution >= 4 is 18.6 Å². The van der Waals surface area contributed by atoms with Gasteiger partial charge in [0.2, 0.25) is 0 Å². The fourth-order valence-electron chi connectivity index (χ4n) is 6.98. The zero-order valence-corrected chi connectivity index (χ0v) is 33.1. The van der Waals surface area contributed by atoms with Gasteiger partial charge in [-0.2, -0.15) is 0 Å². The Morgan fingerprint density at radius 2 is 0.674 bits per heavy atom. The van der Waals surface area contributed by atoms with Gasteiger partial charge >= 0.3 is 274 Å². The first-order valence-corrected chi connectivity index (χ1v) is 31.7. The quantitative estimate of drug-likeness (QED) is 0.0822. The topological polar surface area (TPSA) is 0 Å². The van der Waals surface area contributed by atoms with Crippen LogP contribution in [-0.2, 0) is 15.0 Å². The van der Waals surface area contributed by atoms with E-state index in [-0.39, 0.29) is 0 Å². The summed E-state index contributed by atoms with van der Waals surface area (Å²) in [7, 11) is 0. The molecule has 246 valence electrons. The third-order valence-corrected chi connectivity index (χ3v) is 78.5. The molecule has 0 amide bonds. The Hall–Kier alpha value is -0.892. The van der Waals surface area contributed by atoms with Crippen molar-refractivity contribution in [1.82, 2.24) is 0 Å². The van der Waals surface area contributed by atoms with E-state index in [1.54, 1.807) is 7.91 Å². The van der Waals surface area contributed by atoms with Crippen LogP contribution in [0.25, 0.3) is 0 Å². The molecule has 0 aromatic heterocycles. The summed E-state index contributed by atoms with van der Waals surface area (Å²) in [6, 6.07) is 19.7. The summed E-state index contributed by atoms with van der Waals surface area (Å²) < 4.78 is 3.59. The van der Waals surface area contributed by atoms with Gasteiger partial charge in [-0.15, -0.1) is 0 Å². The van der Waals surface area contributed by atoms with Crippen molar-refractivity contribution in [2.45, 2.75) is 119 Å². The van der Waals surface area contributed by atoms with Gasteiger partial charge in [0, 0.05) is 0 Å². The first kappa shape index (κ1) is 38.3. The summed E-state index contributed by atoms with van der Waals surface area (Å²) in [5.41, 5.74) is 2.07. The Morgan fingerprint density at radius 1 is 0.442 bits per heavy atom. The normalized spacial score (nSPS) is 13.3. The molecule has 0 spiro atoms. The fourth-order valence-corrected chi connectivity index (χ4v) is 101. The SMILES string of the molecule is C#Cc1cc[c]([Pt]([c]2ccc(C#C)cc2)([PH](CCCC)(CCCC)CCCC)[PH](CCCC)(CCCC)CCCC)cc1. The van der Waals surface area contributed by atoms with E-state index in [1.165, 1.54) is 114 Å². The van der Waals surface area contributed by atoms with E-state index in [2.05, 4.69) is 102 Å². The second-order valence-electron chi connectivity index (χ2n) is 12.5. The molecule has 0 saturated carbocycles. The standard InChI is InChI=1S/2C12H27P.2C8H5.Pt/c2*1-4-7-10-13(11-8-5-2)12-9-6-3;2*1-2-8-6-4-3-5-7-8;/h2*4-12H2,1-3H3;2*1,4-7H;/q;;;;-2/p+2. The molecule has 0 unspecified atom stereocenters. The predicted octanol–water partition coefficient (Wildman–Crippen LogP) is 10.9. The van der Waals surface area contributed by atoms with Crippen LogP contribution in [0.4, 0.5) is 0 Å². The molecule has 3 heteroatoms. The van der Waals surface area contributed by atoms with Gasteiger partial charge < -0.3 is 0 Å². The van der Waals surface area contributed by atoms with Crippen molar-refractivity contribution in [3.05, 3.63) is 59.7 Å². The van der Waals surface area contributed by atoms with Crippen molar-refractivity contribution < 1.29 is 15.0 Å². The van der Waals surface area contributed by atoms with Crippen LogP contribution >= 0.6 is 10.7 Å². The molecule has 0 bridgehead atoms. The van der Waals surface area contributed by atoms with Gasteiger partial charge in [-0.3, -0.25) is 0 Å². The number of unbranched alkanes of at least 4 members (excludes halogenated alkanes) is 6. The van der Waals surface area contributed by atoms with Crippen LogP contribution in [0, 0.1) is 24.7 Å². The first-order valence-electron chi connectivity index (χ1n) is 17.7. The predicted molar refractivity (Wildman–Crippen MR) is 203 cm³/mol. The molecule has 0 radical (unpaired) electrons. The van der Waals surface area contributed by atoms with Crippen LogP contribution in [0.1, 0.15) is 130 Å². The molecule has 0 aliphatic rings. The molecule has 43 heavy (non-hydrogen) atoms. The molecular formula is C40H66P2Pt. The van der Waals surface area contributed by atoms with E-state index in [9.17, 15) is 0 Å². The van der Waals surface area contributed by atoms with Gasteiger partial charge in [0.25, 0.3) is 0 Å². The zero-order chi connectivity index (χ0) is 31.6. The van der Waals surface area contributed by atoms with Crippen molar-refractivity contribution in [2.24, 2.45) is 0 Å². The van der Waals surface area contributed by atoms with E-state index < -0.39 is 25.8 Å². The molecule has 0 atom stereocenters. The zero-order valence-electron chi connectivity index (χ0n) is 28.8. The average Bonchev–Trinajstić information content (AvgIpc) is 3.06. The Balaban J connectivity index is 3.31. The molecule has 2 aromatic carbocycles. The summed E-state index contributed by atoms with van der Waals surface area (Å²) in [6.45, 7) is 14.6. The third kappa shape index (κ3) is 9.10. The molecule has 0 nitrogen and oxygen atoms in total. The number of benzene rings is 2. The molecule has 0 aliphatic heterocycles. The van der Waals surface area contributed by atoms with E-state index in [1.807, 2.05) is 0 Å². The molecule has 0 fully saturated rings. The molecule has 0 N–H and O–H groups in total. The molecule has 0 aliphatic carbocycles. The Kier molecular flexibility index (Phi) is 18.1. The van der Waals surface area contributed by atoms with E-state index >= 15 is 0 Å². The van der Waals surface area contributed by atoms with Crippen LogP contribution in [0.3, 0.4) is 0 Å². The maximum absolute atomic E-state index is 5.98. The molecule has 2 rings (SSSR count). The van der Waals surface area contributed by atoms with Gasteiger partial charge in [-0.1, -0.05) is 0 Å². The number of hydrogen-bond donors (Lipinski definition) is 0. The summed E-state index contributed by atoms with van der Waals surface area (Å²) in [4.78, 5) is 0.